The zero-order valence-electron chi connectivity index (χ0n) is 9.79. The quantitative estimate of drug-likeness (QED) is 0.813. The Hall–Kier alpha value is -1.25. The van der Waals surface area contributed by atoms with Crippen LogP contribution in [0.1, 0.15) is 5.56 Å². The summed E-state index contributed by atoms with van der Waals surface area (Å²) in [6.07, 6.45) is 0. The molecule has 0 heterocycles. The molecule has 0 atom stereocenters. The smallest absolute Gasteiger partial charge is 0.0638 e. The fourth-order valence-electron chi connectivity index (χ4n) is 1.61. The van der Waals surface area contributed by atoms with Crippen LogP contribution in [0.2, 0.25) is 5.02 Å². The first kappa shape index (κ1) is 13.2. The van der Waals surface area contributed by atoms with E-state index >= 15 is 0 Å². The lowest BCUT2D eigenvalue weighted by atomic mass is 10.1. The molecule has 92 valence electrons. The van der Waals surface area contributed by atoms with Crippen LogP contribution >= 0.6 is 27.5 Å². The van der Waals surface area contributed by atoms with Crippen molar-refractivity contribution in [3.63, 3.8) is 0 Å². The second-order valence-electron chi connectivity index (χ2n) is 3.95. The summed E-state index contributed by atoms with van der Waals surface area (Å²) in [6, 6.07) is 15.8. The van der Waals surface area contributed by atoms with E-state index in [-0.39, 0.29) is 0 Å². The molecule has 0 radical (unpaired) electrons. The van der Waals surface area contributed by atoms with Crippen LogP contribution in [0.3, 0.4) is 0 Å². The van der Waals surface area contributed by atoms with E-state index in [9.17, 15) is 0 Å². The highest BCUT2D eigenvalue weighted by molar-refractivity contribution is 9.10. The van der Waals surface area contributed by atoms with E-state index in [2.05, 4.69) is 27.8 Å². The molecule has 2 aromatic rings. The van der Waals surface area contributed by atoms with Gasteiger partial charge in [-0.2, -0.15) is 0 Å². The van der Waals surface area contributed by atoms with Crippen LogP contribution in [0.4, 0.5) is 5.69 Å². The lowest BCUT2D eigenvalue weighted by molar-refractivity contribution is 1.34. The number of anilines is 1. The predicted molar refractivity (Wildman–Crippen MR) is 83.1 cm³/mol. The van der Waals surface area contributed by atoms with Crippen LogP contribution in [0.15, 0.2) is 59.6 Å². The molecule has 1 nitrogen and oxygen atoms in total. The fraction of sp³-hybridized carbons (Fsp3) is 0.0667. The van der Waals surface area contributed by atoms with Crippen LogP contribution < -0.4 is 5.32 Å². The van der Waals surface area contributed by atoms with E-state index in [0.717, 1.165) is 21.3 Å². The van der Waals surface area contributed by atoms with E-state index in [0.29, 0.717) is 11.6 Å². The second-order valence-corrected chi connectivity index (χ2v) is 5.27. The lowest BCUT2D eigenvalue weighted by Gasteiger charge is -2.11. The molecule has 0 aliphatic heterocycles. The average Bonchev–Trinajstić information content (AvgIpc) is 2.40. The van der Waals surface area contributed by atoms with Gasteiger partial charge < -0.3 is 5.32 Å². The number of hydrogen-bond acceptors (Lipinski definition) is 1. The molecule has 2 rings (SSSR count). The number of benzene rings is 2. The van der Waals surface area contributed by atoms with Gasteiger partial charge in [0, 0.05) is 11.0 Å². The fourth-order valence-corrected chi connectivity index (χ4v) is 2.16. The van der Waals surface area contributed by atoms with Crippen molar-refractivity contribution >= 4 is 38.8 Å². The Labute approximate surface area is 121 Å². The van der Waals surface area contributed by atoms with E-state index < -0.39 is 0 Å². The van der Waals surface area contributed by atoms with Crippen LogP contribution in [0, 0.1) is 0 Å². The van der Waals surface area contributed by atoms with Crippen LogP contribution in [0.5, 0.6) is 0 Å². The molecule has 0 saturated carbocycles. The molecule has 0 saturated heterocycles. The predicted octanol–water partition coefficient (Wildman–Crippen LogP) is 5.23. The van der Waals surface area contributed by atoms with Crippen LogP contribution in [-0.2, 0) is 0 Å². The third-order valence-electron chi connectivity index (χ3n) is 2.60. The zero-order valence-corrected chi connectivity index (χ0v) is 12.1. The van der Waals surface area contributed by atoms with Gasteiger partial charge in [0.25, 0.3) is 0 Å². The Bertz CT molecular complexity index is 552. The summed E-state index contributed by atoms with van der Waals surface area (Å²) in [4.78, 5) is 0. The summed E-state index contributed by atoms with van der Waals surface area (Å²) < 4.78 is 1.000. The molecule has 0 fully saturated rings. The van der Waals surface area contributed by atoms with Gasteiger partial charge in [0.15, 0.2) is 0 Å². The maximum Gasteiger partial charge on any atom is 0.0638 e. The molecule has 18 heavy (non-hydrogen) atoms. The molecule has 0 unspecified atom stereocenters. The van der Waals surface area contributed by atoms with Gasteiger partial charge in [0.05, 0.1) is 10.7 Å². The van der Waals surface area contributed by atoms with Gasteiger partial charge in [-0.1, -0.05) is 64.4 Å². The highest BCUT2D eigenvalue weighted by Gasteiger charge is 2.02. The molecule has 3 heteroatoms. The molecule has 0 spiro atoms. The Morgan fingerprint density at radius 2 is 1.89 bits per heavy atom. The Balaban J connectivity index is 2.04. The first-order valence-corrected chi connectivity index (χ1v) is 6.76. The number of rotatable bonds is 4. The second kappa shape index (κ2) is 6.07. The van der Waals surface area contributed by atoms with E-state index in [1.807, 2.05) is 48.5 Å². The average molecular weight is 323 g/mol. The minimum atomic E-state index is 0.667. The van der Waals surface area contributed by atoms with Crippen molar-refractivity contribution in [2.45, 2.75) is 0 Å². The Morgan fingerprint density at radius 1 is 1.17 bits per heavy atom. The molecule has 0 amide bonds. The van der Waals surface area contributed by atoms with Gasteiger partial charge in [0.2, 0.25) is 0 Å². The zero-order chi connectivity index (χ0) is 13.0. The first-order chi connectivity index (χ1) is 8.66. The van der Waals surface area contributed by atoms with Crippen molar-refractivity contribution in [1.82, 2.24) is 0 Å². The Morgan fingerprint density at radius 3 is 2.61 bits per heavy atom. The van der Waals surface area contributed by atoms with Gasteiger partial charge in [-0.15, -0.1) is 0 Å². The maximum atomic E-state index is 6.11. The highest BCUT2D eigenvalue weighted by Crippen LogP contribution is 2.26. The molecule has 1 N–H and O–H groups in total. The minimum absolute atomic E-state index is 0.667. The van der Waals surface area contributed by atoms with Crippen molar-refractivity contribution in [3.05, 3.63) is 70.2 Å². The molecular weight excluding hydrogens is 310 g/mol. The molecule has 0 aromatic heterocycles. The van der Waals surface area contributed by atoms with Gasteiger partial charge in [-0.3, -0.25) is 0 Å². The van der Waals surface area contributed by atoms with E-state index in [4.69, 9.17) is 11.6 Å². The van der Waals surface area contributed by atoms with E-state index in [1.54, 1.807) is 0 Å². The SMILES string of the molecule is C=C(CNc1cc(Br)ccc1Cl)c1ccccc1. The standard InChI is InChI=1S/C15H13BrClN/c1-11(12-5-3-2-4-6-12)10-18-15-9-13(16)7-8-14(15)17/h2-9,18H,1,10H2. The van der Waals surface area contributed by atoms with Crippen LogP contribution in [0.25, 0.3) is 5.57 Å². The van der Waals surface area contributed by atoms with Gasteiger partial charge in [-0.25, -0.2) is 0 Å². The molecule has 0 aliphatic carbocycles. The van der Waals surface area contributed by atoms with Crippen molar-refractivity contribution in [3.8, 4) is 0 Å². The van der Waals surface area contributed by atoms with Gasteiger partial charge in [-0.05, 0) is 29.3 Å². The topological polar surface area (TPSA) is 12.0 Å². The summed E-state index contributed by atoms with van der Waals surface area (Å²) in [5.41, 5.74) is 3.07. The third kappa shape index (κ3) is 3.37. The molecule has 2 aromatic carbocycles. The van der Waals surface area contributed by atoms with E-state index in [1.165, 1.54) is 0 Å². The van der Waals surface area contributed by atoms with Crippen molar-refractivity contribution in [1.29, 1.82) is 0 Å². The van der Waals surface area contributed by atoms with Gasteiger partial charge in [0.1, 0.15) is 0 Å². The number of hydrogen-bond donors (Lipinski definition) is 1. The lowest BCUT2D eigenvalue weighted by Crippen LogP contribution is -2.03. The number of nitrogens with one attached hydrogen (secondary N) is 1. The normalized spacial score (nSPS) is 10.1. The monoisotopic (exact) mass is 321 g/mol. The minimum Gasteiger partial charge on any atom is -0.380 e. The van der Waals surface area contributed by atoms with Crippen molar-refractivity contribution < 1.29 is 0 Å². The molecule has 0 bridgehead atoms. The maximum absolute atomic E-state index is 6.11. The first-order valence-electron chi connectivity index (χ1n) is 5.59. The van der Waals surface area contributed by atoms with Gasteiger partial charge >= 0.3 is 0 Å². The third-order valence-corrected chi connectivity index (χ3v) is 3.43. The van der Waals surface area contributed by atoms with Crippen molar-refractivity contribution in [2.75, 3.05) is 11.9 Å². The van der Waals surface area contributed by atoms with Crippen molar-refractivity contribution in [2.24, 2.45) is 0 Å². The Kier molecular flexibility index (Phi) is 4.45. The summed E-state index contributed by atoms with van der Waals surface area (Å²) in [5, 5.41) is 4.00. The summed E-state index contributed by atoms with van der Waals surface area (Å²) in [7, 11) is 0. The summed E-state index contributed by atoms with van der Waals surface area (Å²) >= 11 is 9.54. The van der Waals surface area contributed by atoms with Crippen LogP contribution in [-0.4, -0.2) is 6.54 Å². The molecule has 0 aliphatic rings. The summed E-state index contributed by atoms with van der Waals surface area (Å²) in [6.45, 7) is 4.74. The summed E-state index contributed by atoms with van der Waals surface area (Å²) in [5.74, 6) is 0. The molecular formula is C15H13BrClN. The number of halogens is 2. The largest absolute Gasteiger partial charge is 0.380 e. The highest BCUT2D eigenvalue weighted by atomic mass is 79.9.